The van der Waals surface area contributed by atoms with Crippen molar-refractivity contribution in [2.45, 2.75) is 38.5 Å². The van der Waals surface area contributed by atoms with Gasteiger partial charge in [0, 0.05) is 6.61 Å². The van der Waals surface area contributed by atoms with Crippen molar-refractivity contribution in [1.29, 1.82) is 0 Å². The first kappa shape index (κ1) is 13.8. The lowest BCUT2D eigenvalue weighted by Crippen LogP contribution is -1.97. The number of rotatable bonds is 7. The van der Waals surface area contributed by atoms with E-state index in [0.717, 1.165) is 19.4 Å². The standard InChI is InChI=1S/C8H19NO.ClH/c9-7-5-3-1-2-4-6-8-10;/h10H,1-9H2;1H. The summed E-state index contributed by atoms with van der Waals surface area (Å²) in [7, 11) is 0. The Morgan fingerprint density at radius 2 is 1.27 bits per heavy atom. The molecule has 2 nitrogen and oxygen atoms in total. The Morgan fingerprint density at radius 1 is 0.818 bits per heavy atom. The first-order chi connectivity index (χ1) is 4.91. The van der Waals surface area contributed by atoms with Gasteiger partial charge >= 0.3 is 0 Å². The van der Waals surface area contributed by atoms with Crippen LogP contribution in [0.2, 0.25) is 0 Å². The highest BCUT2D eigenvalue weighted by molar-refractivity contribution is 5.85. The summed E-state index contributed by atoms with van der Waals surface area (Å²) in [6.07, 6.45) is 7.06. The highest BCUT2D eigenvalue weighted by Crippen LogP contribution is 2.03. The van der Waals surface area contributed by atoms with Crippen molar-refractivity contribution >= 4 is 12.4 Å². The number of aliphatic hydroxyl groups excluding tert-OH is 1. The van der Waals surface area contributed by atoms with Crippen LogP contribution in [-0.2, 0) is 0 Å². The van der Waals surface area contributed by atoms with Crippen LogP contribution in [0.4, 0.5) is 0 Å². The summed E-state index contributed by atoms with van der Waals surface area (Å²) in [5.74, 6) is 0. The van der Waals surface area contributed by atoms with Gasteiger partial charge in [-0.3, -0.25) is 0 Å². The normalized spacial score (nSPS) is 9.27. The molecule has 0 heterocycles. The largest absolute Gasteiger partial charge is 0.396 e. The number of unbranched alkanes of at least 4 members (excludes halogenated alkanes) is 5. The Kier molecular flexibility index (Phi) is 16.1. The van der Waals surface area contributed by atoms with Crippen molar-refractivity contribution in [3.8, 4) is 0 Å². The van der Waals surface area contributed by atoms with Crippen molar-refractivity contribution in [1.82, 2.24) is 0 Å². The number of nitrogens with two attached hydrogens (primary N) is 1. The third kappa shape index (κ3) is 13.2. The van der Waals surface area contributed by atoms with Crippen LogP contribution < -0.4 is 5.73 Å². The molecule has 0 rings (SSSR count). The molecule has 70 valence electrons. The average Bonchev–Trinajstić information content (AvgIpc) is 1.97. The van der Waals surface area contributed by atoms with E-state index in [0.29, 0.717) is 6.61 Å². The molecule has 0 aliphatic rings. The maximum absolute atomic E-state index is 8.45. The summed E-state index contributed by atoms with van der Waals surface area (Å²) in [6, 6.07) is 0. The fraction of sp³-hybridized carbons (Fsp3) is 1.00. The van der Waals surface area contributed by atoms with E-state index >= 15 is 0 Å². The zero-order chi connectivity index (χ0) is 7.66. The molecular weight excluding hydrogens is 162 g/mol. The van der Waals surface area contributed by atoms with Gasteiger partial charge in [-0.15, -0.1) is 12.4 Å². The number of hydrogen-bond acceptors (Lipinski definition) is 2. The molecule has 0 spiro atoms. The van der Waals surface area contributed by atoms with E-state index in [4.69, 9.17) is 10.8 Å². The van der Waals surface area contributed by atoms with Crippen LogP contribution in [0.25, 0.3) is 0 Å². The average molecular weight is 182 g/mol. The molecule has 3 N–H and O–H groups in total. The lowest BCUT2D eigenvalue weighted by molar-refractivity contribution is 0.282. The summed E-state index contributed by atoms with van der Waals surface area (Å²) in [4.78, 5) is 0. The molecule has 11 heavy (non-hydrogen) atoms. The number of hydrogen-bond donors (Lipinski definition) is 2. The molecule has 0 saturated carbocycles. The van der Waals surface area contributed by atoms with Gasteiger partial charge in [-0.05, 0) is 19.4 Å². The SMILES string of the molecule is Cl.NCCCCCCCCO. The molecule has 0 atom stereocenters. The summed E-state index contributed by atoms with van der Waals surface area (Å²) in [5, 5.41) is 8.45. The van der Waals surface area contributed by atoms with Gasteiger partial charge < -0.3 is 10.8 Å². The zero-order valence-corrected chi connectivity index (χ0v) is 7.91. The highest BCUT2D eigenvalue weighted by atomic mass is 35.5. The van der Waals surface area contributed by atoms with Crippen molar-refractivity contribution in [3.63, 3.8) is 0 Å². The van der Waals surface area contributed by atoms with E-state index in [1.807, 2.05) is 0 Å². The molecule has 0 fully saturated rings. The lowest BCUT2D eigenvalue weighted by atomic mass is 10.1. The summed E-state index contributed by atoms with van der Waals surface area (Å²) >= 11 is 0. The Labute approximate surface area is 75.6 Å². The van der Waals surface area contributed by atoms with E-state index in [9.17, 15) is 0 Å². The van der Waals surface area contributed by atoms with Crippen molar-refractivity contribution < 1.29 is 5.11 Å². The second kappa shape index (κ2) is 12.8. The monoisotopic (exact) mass is 181 g/mol. The van der Waals surface area contributed by atoms with Gasteiger partial charge in [0.05, 0.1) is 0 Å². The van der Waals surface area contributed by atoms with Gasteiger partial charge in [0.1, 0.15) is 0 Å². The van der Waals surface area contributed by atoms with Crippen LogP contribution in [0.1, 0.15) is 38.5 Å². The quantitative estimate of drug-likeness (QED) is 0.588. The second-order valence-corrected chi connectivity index (χ2v) is 2.63. The Balaban J connectivity index is 0. The lowest BCUT2D eigenvalue weighted by Gasteiger charge is -1.97. The molecule has 0 aromatic rings. The molecule has 0 amide bonds. The van der Waals surface area contributed by atoms with Gasteiger partial charge in [-0.1, -0.05) is 25.7 Å². The molecule has 0 saturated heterocycles. The van der Waals surface area contributed by atoms with Crippen LogP contribution in [0.15, 0.2) is 0 Å². The van der Waals surface area contributed by atoms with E-state index in [1.54, 1.807) is 0 Å². The minimum Gasteiger partial charge on any atom is -0.396 e. The van der Waals surface area contributed by atoms with Crippen molar-refractivity contribution in [3.05, 3.63) is 0 Å². The molecule has 0 aliphatic heterocycles. The fourth-order valence-corrected chi connectivity index (χ4v) is 0.963. The highest BCUT2D eigenvalue weighted by Gasteiger charge is 1.88. The first-order valence-corrected chi connectivity index (χ1v) is 4.22. The maximum Gasteiger partial charge on any atom is 0.0431 e. The van der Waals surface area contributed by atoms with E-state index < -0.39 is 0 Å². The number of aliphatic hydroxyl groups is 1. The van der Waals surface area contributed by atoms with Crippen LogP contribution >= 0.6 is 12.4 Å². The molecule has 0 bridgehead atoms. The molecular formula is C8H20ClNO. The third-order valence-corrected chi connectivity index (χ3v) is 1.61. The van der Waals surface area contributed by atoms with Gasteiger partial charge in [-0.25, -0.2) is 0 Å². The smallest absolute Gasteiger partial charge is 0.0431 e. The predicted octanol–water partition coefficient (Wildman–Crippen LogP) is 1.70. The van der Waals surface area contributed by atoms with E-state index in [-0.39, 0.29) is 12.4 Å². The minimum absolute atomic E-state index is 0. The van der Waals surface area contributed by atoms with Crippen LogP contribution in [0, 0.1) is 0 Å². The maximum atomic E-state index is 8.45. The van der Waals surface area contributed by atoms with Gasteiger partial charge in [0.2, 0.25) is 0 Å². The third-order valence-electron chi connectivity index (χ3n) is 1.61. The van der Waals surface area contributed by atoms with E-state index in [1.165, 1.54) is 25.7 Å². The number of halogens is 1. The topological polar surface area (TPSA) is 46.2 Å². The molecule has 0 aromatic heterocycles. The molecule has 3 heteroatoms. The first-order valence-electron chi connectivity index (χ1n) is 4.22. The van der Waals surface area contributed by atoms with Crippen molar-refractivity contribution in [2.75, 3.05) is 13.2 Å². The zero-order valence-electron chi connectivity index (χ0n) is 7.09. The Morgan fingerprint density at radius 3 is 1.73 bits per heavy atom. The minimum atomic E-state index is 0. The molecule has 0 radical (unpaired) electrons. The van der Waals surface area contributed by atoms with E-state index in [2.05, 4.69) is 0 Å². The van der Waals surface area contributed by atoms with Crippen LogP contribution in [0.3, 0.4) is 0 Å². The van der Waals surface area contributed by atoms with Gasteiger partial charge in [-0.2, -0.15) is 0 Å². The second-order valence-electron chi connectivity index (χ2n) is 2.63. The summed E-state index contributed by atoms with van der Waals surface area (Å²) in [6.45, 7) is 1.16. The van der Waals surface area contributed by atoms with Gasteiger partial charge in [0.15, 0.2) is 0 Å². The molecule has 0 unspecified atom stereocenters. The predicted molar refractivity (Wildman–Crippen MR) is 51.1 cm³/mol. The molecule has 0 aromatic carbocycles. The van der Waals surface area contributed by atoms with Crippen LogP contribution in [0.5, 0.6) is 0 Å². The van der Waals surface area contributed by atoms with Gasteiger partial charge in [0.25, 0.3) is 0 Å². The van der Waals surface area contributed by atoms with Crippen LogP contribution in [-0.4, -0.2) is 18.3 Å². The summed E-state index contributed by atoms with van der Waals surface area (Å²) < 4.78 is 0. The summed E-state index contributed by atoms with van der Waals surface area (Å²) in [5.41, 5.74) is 5.33. The Bertz CT molecular complexity index is 54.1. The Hall–Kier alpha value is 0.210. The fourth-order valence-electron chi connectivity index (χ4n) is 0.963. The molecule has 0 aliphatic carbocycles. The van der Waals surface area contributed by atoms with Crippen molar-refractivity contribution in [2.24, 2.45) is 5.73 Å².